The summed E-state index contributed by atoms with van der Waals surface area (Å²) in [5, 5.41) is 5.23. The van der Waals surface area contributed by atoms with E-state index in [1.54, 1.807) is 4.68 Å². The first-order valence-corrected chi connectivity index (χ1v) is 8.23. The molecule has 0 unspecified atom stereocenters. The summed E-state index contributed by atoms with van der Waals surface area (Å²) in [4.78, 5) is 11.9. The van der Waals surface area contributed by atoms with Crippen molar-refractivity contribution >= 4 is 32.8 Å². The van der Waals surface area contributed by atoms with Gasteiger partial charge in [0.25, 0.3) is 0 Å². The molecule has 3 rings (SSSR count). The molecule has 1 heterocycles. The summed E-state index contributed by atoms with van der Waals surface area (Å²) in [6.45, 7) is 5.98. The number of aromatic nitrogens is 2. The van der Waals surface area contributed by atoms with Gasteiger partial charge in [0.1, 0.15) is 0 Å². The molecule has 5 heteroatoms. The van der Waals surface area contributed by atoms with Crippen LogP contribution in [0.1, 0.15) is 29.9 Å². The van der Waals surface area contributed by atoms with Crippen molar-refractivity contribution in [3.8, 4) is 5.69 Å². The number of ether oxygens (including phenoxy) is 1. The van der Waals surface area contributed by atoms with Crippen LogP contribution in [0.15, 0.2) is 46.9 Å². The molecule has 2 aromatic carbocycles. The van der Waals surface area contributed by atoms with Crippen molar-refractivity contribution in [1.82, 2.24) is 9.78 Å². The number of rotatable bonds is 2. The molecule has 0 amide bonds. The van der Waals surface area contributed by atoms with E-state index in [-0.39, 0.29) is 0 Å². The van der Waals surface area contributed by atoms with Crippen molar-refractivity contribution < 1.29 is 9.53 Å². The highest BCUT2D eigenvalue weighted by molar-refractivity contribution is 9.10. The lowest BCUT2D eigenvalue weighted by Crippen LogP contribution is -2.04. The van der Waals surface area contributed by atoms with Gasteiger partial charge in [-0.15, -0.1) is 0 Å². The number of fused-ring (bicyclic) bond motifs is 1. The molecule has 0 radical (unpaired) electrons. The van der Waals surface area contributed by atoms with Crippen LogP contribution >= 0.6 is 15.9 Å². The molecule has 0 aliphatic heterocycles. The summed E-state index contributed by atoms with van der Waals surface area (Å²) < 4.78 is 7.54. The minimum atomic E-state index is -0.431. The molecule has 0 N–H and O–H groups in total. The molecule has 0 aliphatic rings. The molecule has 0 saturated carbocycles. The lowest BCUT2D eigenvalue weighted by Gasteiger charge is -2.04. The molecule has 3 aromatic rings. The summed E-state index contributed by atoms with van der Waals surface area (Å²) in [5.74, 6) is -0.431. The summed E-state index contributed by atoms with van der Waals surface area (Å²) in [5.41, 5.74) is 3.16. The fraction of sp³-hybridized carbons (Fsp3) is 0.222. The standard InChI is InChI=1S/C16H13BrN2O2.C2H6/c1-10-6-7-14-13(8-10)15(16(20)21-2)18-19(14)12-5-3-4-11(17)9-12;1-2/h3-9H,1-2H3;1-2H3. The monoisotopic (exact) mass is 374 g/mol. The van der Waals surface area contributed by atoms with E-state index >= 15 is 0 Å². The maximum Gasteiger partial charge on any atom is 0.359 e. The van der Waals surface area contributed by atoms with Gasteiger partial charge < -0.3 is 4.74 Å². The van der Waals surface area contributed by atoms with Crippen molar-refractivity contribution in [1.29, 1.82) is 0 Å². The zero-order chi connectivity index (χ0) is 17.0. The molecule has 0 atom stereocenters. The van der Waals surface area contributed by atoms with E-state index in [2.05, 4.69) is 21.0 Å². The van der Waals surface area contributed by atoms with Crippen molar-refractivity contribution in [2.75, 3.05) is 7.11 Å². The maximum atomic E-state index is 11.9. The zero-order valence-electron chi connectivity index (χ0n) is 13.6. The van der Waals surface area contributed by atoms with Crippen molar-refractivity contribution in [3.05, 3.63) is 58.2 Å². The van der Waals surface area contributed by atoms with Gasteiger partial charge in [0.2, 0.25) is 0 Å². The van der Waals surface area contributed by atoms with E-state index in [0.717, 1.165) is 26.6 Å². The molecule has 0 aliphatic carbocycles. The van der Waals surface area contributed by atoms with Gasteiger partial charge in [0, 0.05) is 9.86 Å². The number of hydrogen-bond donors (Lipinski definition) is 0. The minimum Gasteiger partial charge on any atom is -0.464 e. The van der Waals surface area contributed by atoms with Gasteiger partial charge in [0.15, 0.2) is 5.69 Å². The first-order valence-electron chi connectivity index (χ1n) is 7.44. The predicted molar refractivity (Wildman–Crippen MR) is 96.2 cm³/mol. The van der Waals surface area contributed by atoms with Crippen LogP contribution in [0.5, 0.6) is 0 Å². The Hall–Kier alpha value is -2.14. The molecule has 23 heavy (non-hydrogen) atoms. The molecule has 120 valence electrons. The molecule has 0 fully saturated rings. The second-order valence-electron chi connectivity index (χ2n) is 4.75. The van der Waals surface area contributed by atoms with Crippen LogP contribution in [-0.4, -0.2) is 22.9 Å². The number of nitrogens with zero attached hydrogens (tertiary/aromatic N) is 2. The first kappa shape index (κ1) is 17.2. The number of methoxy groups -OCH3 is 1. The van der Waals surface area contributed by atoms with Gasteiger partial charge in [-0.2, -0.15) is 5.10 Å². The number of esters is 1. The Labute approximate surface area is 144 Å². The lowest BCUT2D eigenvalue weighted by molar-refractivity contribution is 0.0595. The maximum absolute atomic E-state index is 11.9. The third-order valence-electron chi connectivity index (χ3n) is 3.27. The highest BCUT2D eigenvalue weighted by Gasteiger charge is 2.18. The van der Waals surface area contributed by atoms with Crippen LogP contribution in [0.25, 0.3) is 16.6 Å². The number of aryl methyl sites for hydroxylation is 1. The van der Waals surface area contributed by atoms with E-state index < -0.39 is 5.97 Å². The Morgan fingerprint density at radius 3 is 2.57 bits per heavy atom. The summed E-state index contributed by atoms with van der Waals surface area (Å²) >= 11 is 3.45. The van der Waals surface area contributed by atoms with E-state index in [0.29, 0.717) is 5.69 Å². The lowest BCUT2D eigenvalue weighted by atomic mass is 10.1. The third-order valence-corrected chi connectivity index (χ3v) is 3.76. The number of hydrogen-bond acceptors (Lipinski definition) is 3. The van der Waals surface area contributed by atoms with E-state index in [1.807, 2.05) is 63.2 Å². The molecule has 0 saturated heterocycles. The third kappa shape index (κ3) is 3.45. The molecule has 0 bridgehead atoms. The quantitative estimate of drug-likeness (QED) is 0.598. The molecular weight excluding hydrogens is 356 g/mol. The molecule has 4 nitrogen and oxygen atoms in total. The highest BCUT2D eigenvalue weighted by atomic mass is 79.9. The largest absolute Gasteiger partial charge is 0.464 e. The smallest absolute Gasteiger partial charge is 0.359 e. The average molecular weight is 375 g/mol. The van der Waals surface area contributed by atoms with Gasteiger partial charge in [0.05, 0.1) is 18.3 Å². The first-order chi connectivity index (χ1) is 11.1. The van der Waals surface area contributed by atoms with Gasteiger partial charge in [-0.25, -0.2) is 9.48 Å². The number of carbonyl (C=O) groups is 1. The molecule has 1 aromatic heterocycles. The predicted octanol–water partition coefficient (Wildman–Crippen LogP) is 4.91. The second kappa shape index (κ2) is 7.42. The van der Waals surface area contributed by atoms with Gasteiger partial charge in [-0.05, 0) is 37.3 Å². The number of halogens is 1. The van der Waals surface area contributed by atoms with Gasteiger partial charge in [-0.3, -0.25) is 0 Å². The SMILES string of the molecule is CC.COC(=O)c1nn(-c2cccc(Br)c2)c2ccc(C)cc12. The normalized spacial score (nSPS) is 10.1. The van der Waals surface area contributed by atoms with Crippen molar-refractivity contribution in [2.24, 2.45) is 0 Å². The summed E-state index contributed by atoms with van der Waals surface area (Å²) in [7, 11) is 1.36. The van der Waals surface area contributed by atoms with Gasteiger partial charge >= 0.3 is 5.97 Å². The Morgan fingerprint density at radius 1 is 1.17 bits per heavy atom. The average Bonchev–Trinajstić information content (AvgIpc) is 2.94. The Bertz CT molecular complexity index is 840. The highest BCUT2D eigenvalue weighted by Crippen LogP contribution is 2.25. The van der Waals surface area contributed by atoms with Crippen molar-refractivity contribution in [3.63, 3.8) is 0 Å². The topological polar surface area (TPSA) is 44.1 Å². The Balaban J connectivity index is 0.000000924. The van der Waals surface area contributed by atoms with Crippen LogP contribution in [0.3, 0.4) is 0 Å². The number of carbonyl (C=O) groups excluding carboxylic acids is 1. The zero-order valence-corrected chi connectivity index (χ0v) is 15.2. The van der Waals surface area contributed by atoms with E-state index in [4.69, 9.17) is 4.74 Å². The Morgan fingerprint density at radius 2 is 1.91 bits per heavy atom. The summed E-state index contributed by atoms with van der Waals surface area (Å²) in [6.07, 6.45) is 0. The van der Waals surface area contributed by atoms with E-state index in [9.17, 15) is 4.79 Å². The van der Waals surface area contributed by atoms with E-state index in [1.165, 1.54) is 7.11 Å². The Kier molecular flexibility index (Phi) is 5.55. The number of benzene rings is 2. The molecule has 0 spiro atoms. The van der Waals surface area contributed by atoms with Crippen LogP contribution in [0, 0.1) is 6.92 Å². The molecular formula is C18H19BrN2O2. The fourth-order valence-electron chi connectivity index (χ4n) is 2.28. The summed E-state index contributed by atoms with van der Waals surface area (Å²) in [6, 6.07) is 13.7. The van der Waals surface area contributed by atoms with Crippen LogP contribution in [-0.2, 0) is 4.74 Å². The fourth-order valence-corrected chi connectivity index (χ4v) is 2.67. The minimum absolute atomic E-state index is 0.330. The van der Waals surface area contributed by atoms with Crippen LogP contribution < -0.4 is 0 Å². The van der Waals surface area contributed by atoms with Crippen molar-refractivity contribution in [2.45, 2.75) is 20.8 Å². The second-order valence-corrected chi connectivity index (χ2v) is 5.67. The van der Waals surface area contributed by atoms with Crippen LogP contribution in [0.4, 0.5) is 0 Å². The van der Waals surface area contributed by atoms with Crippen LogP contribution in [0.2, 0.25) is 0 Å². The van der Waals surface area contributed by atoms with Gasteiger partial charge in [-0.1, -0.05) is 47.5 Å².